The predicted octanol–water partition coefficient (Wildman–Crippen LogP) is 2.88. The van der Waals surface area contributed by atoms with Crippen molar-refractivity contribution >= 4 is 11.0 Å². The molecular weight excluding hydrogens is 326 g/mol. The molecule has 0 fully saturated rings. The molecule has 2 aromatic heterocycles. The minimum absolute atomic E-state index is 0.284. The topological polar surface area (TPSA) is 88.7 Å². The lowest BCUT2D eigenvalue weighted by Crippen LogP contribution is -2.20. The van der Waals surface area contributed by atoms with Crippen LogP contribution in [0.25, 0.3) is 16.7 Å². The van der Waals surface area contributed by atoms with Gasteiger partial charge in [0.1, 0.15) is 5.65 Å². The fraction of sp³-hybridized carbons (Fsp3) is 0.400. The molecule has 0 amide bonds. The van der Waals surface area contributed by atoms with Crippen molar-refractivity contribution in [3.8, 4) is 5.69 Å². The number of nitrogens with two attached hydrogens (primary N) is 1. The molecule has 0 unspecified atom stereocenters. The van der Waals surface area contributed by atoms with Crippen LogP contribution in [0.2, 0.25) is 0 Å². The molecule has 3 rings (SSSR count). The first-order valence-electron chi connectivity index (χ1n) is 9.18. The normalized spacial score (nSPS) is 10.6. The van der Waals surface area contributed by atoms with Crippen LogP contribution >= 0.6 is 0 Å². The molecule has 0 bridgehead atoms. The average molecular weight is 355 g/mol. The van der Waals surface area contributed by atoms with E-state index in [2.05, 4.69) is 29.1 Å². The number of aromatic amines is 1. The van der Waals surface area contributed by atoms with E-state index >= 15 is 0 Å². The first-order valence-corrected chi connectivity index (χ1v) is 9.18. The number of benzene rings is 1. The summed E-state index contributed by atoms with van der Waals surface area (Å²) >= 11 is 0. The lowest BCUT2D eigenvalue weighted by molar-refractivity contribution is 0.655. The molecule has 3 aromatic rings. The zero-order chi connectivity index (χ0) is 18.9. The second kappa shape index (κ2) is 9.89. The molecule has 26 heavy (non-hydrogen) atoms. The van der Waals surface area contributed by atoms with Crippen LogP contribution < -0.4 is 16.7 Å². The third-order valence-electron chi connectivity index (χ3n) is 3.74. The highest BCUT2D eigenvalue weighted by Crippen LogP contribution is 2.13. The van der Waals surface area contributed by atoms with Gasteiger partial charge >= 0.3 is 5.69 Å². The molecule has 6 nitrogen and oxygen atoms in total. The van der Waals surface area contributed by atoms with Gasteiger partial charge in [0.2, 0.25) is 0 Å². The van der Waals surface area contributed by atoms with Gasteiger partial charge in [-0.2, -0.15) is 4.98 Å². The molecule has 0 aliphatic rings. The number of aryl methyl sites for hydroxylation is 1. The standard InChI is InChI=1S/C17H21N5O.C3H8/c1-12-9-14-11-22(17(23)21-16(14)20-12)15-5-3-13(4-6-15)10-19-8-2-7-18;1-3-2/h3-6,9,11,19H,2,7-8,10,18H2,1H3,(H,20,21,23);3H2,1-2H3. The molecule has 0 atom stereocenters. The summed E-state index contributed by atoms with van der Waals surface area (Å²) in [6, 6.07) is 9.89. The summed E-state index contributed by atoms with van der Waals surface area (Å²) in [5, 5.41) is 4.26. The van der Waals surface area contributed by atoms with E-state index in [1.807, 2.05) is 43.5 Å². The molecular formula is C20H29N5O. The first-order chi connectivity index (χ1) is 12.6. The minimum Gasteiger partial charge on any atom is -0.343 e. The zero-order valence-electron chi connectivity index (χ0n) is 15.9. The zero-order valence-corrected chi connectivity index (χ0v) is 15.9. The molecule has 6 heteroatoms. The predicted molar refractivity (Wildman–Crippen MR) is 108 cm³/mol. The van der Waals surface area contributed by atoms with Crippen molar-refractivity contribution in [2.24, 2.45) is 5.73 Å². The molecule has 0 saturated heterocycles. The summed E-state index contributed by atoms with van der Waals surface area (Å²) in [5.41, 5.74) is 8.79. The van der Waals surface area contributed by atoms with E-state index in [1.165, 1.54) is 12.0 Å². The summed E-state index contributed by atoms with van der Waals surface area (Å²) in [5.74, 6) is 0. The van der Waals surface area contributed by atoms with Crippen molar-refractivity contribution in [3.63, 3.8) is 0 Å². The number of hydrogen-bond acceptors (Lipinski definition) is 4. The Bertz CT molecular complexity index is 864. The highest BCUT2D eigenvalue weighted by Gasteiger charge is 2.06. The highest BCUT2D eigenvalue weighted by molar-refractivity contribution is 5.75. The van der Waals surface area contributed by atoms with Gasteiger partial charge in [-0.25, -0.2) is 4.79 Å². The molecule has 0 aliphatic heterocycles. The smallest absolute Gasteiger partial charge is 0.343 e. The molecule has 140 valence electrons. The summed E-state index contributed by atoms with van der Waals surface area (Å²) in [6.07, 6.45) is 4.04. The largest absolute Gasteiger partial charge is 0.354 e. The maximum Gasteiger partial charge on any atom is 0.354 e. The Morgan fingerprint density at radius 2 is 1.92 bits per heavy atom. The lowest BCUT2D eigenvalue weighted by Gasteiger charge is -2.07. The quantitative estimate of drug-likeness (QED) is 0.593. The Kier molecular flexibility index (Phi) is 7.56. The third-order valence-corrected chi connectivity index (χ3v) is 3.74. The molecule has 0 aliphatic carbocycles. The molecule has 0 spiro atoms. The Hall–Kier alpha value is -2.44. The minimum atomic E-state index is -0.284. The summed E-state index contributed by atoms with van der Waals surface area (Å²) in [6.45, 7) is 8.60. The molecule has 0 radical (unpaired) electrons. The van der Waals surface area contributed by atoms with Crippen LogP contribution in [0.1, 0.15) is 37.9 Å². The molecule has 0 saturated carbocycles. The van der Waals surface area contributed by atoms with Gasteiger partial charge in [0.15, 0.2) is 0 Å². The number of rotatable bonds is 6. The monoisotopic (exact) mass is 355 g/mol. The summed E-state index contributed by atoms with van der Waals surface area (Å²) in [7, 11) is 0. The van der Waals surface area contributed by atoms with Crippen LogP contribution in [0.4, 0.5) is 0 Å². The second-order valence-electron chi connectivity index (χ2n) is 6.34. The second-order valence-corrected chi connectivity index (χ2v) is 6.34. The van der Waals surface area contributed by atoms with Crippen LogP contribution in [0.5, 0.6) is 0 Å². The highest BCUT2D eigenvalue weighted by atomic mass is 16.1. The Labute approximate surface area is 154 Å². The van der Waals surface area contributed by atoms with Crippen molar-refractivity contribution in [2.45, 2.75) is 40.2 Å². The van der Waals surface area contributed by atoms with Gasteiger partial charge in [0.25, 0.3) is 0 Å². The molecule has 2 heterocycles. The van der Waals surface area contributed by atoms with E-state index in [0.717, 1.165) is 36.3 Å². The van der Waals surface area contributed by atoms with Crippen LogP contribution in [-0.2, 0) is 6.54 Å². The van der Waals surface area contributed by atoms with Crippen LogP contribution in [0, 0.1) is 6.92 Å². The Balaban J connectivity index is 0.000000758. The number of nitrogens with zero attached hydrogens (tertiary/aromatic N) is 2. The number of hydrogen-bond donors (Lipinski definition) is 3. The van der Waals surface area contributed by atoms with Crippen molar-refractivity contribution < 1.29 is 0 Å². The van der Waals surface area contributed by atoms with Crippen LogP contribution in [0.15, 0.2) is 41.3 Å². The number of aromatic nitrogens is 3. The maximum absolute atomic E-state index is 12.2. The van der Waals surface area contributed by atoms with Crippen LogP contribution in [-0.4, -0.2) is 27.6 Å². The van der Waals surface area contributed by atoms with Crippen molar-refractivity contribution in [1.29, 1.82) is 0 Å². The molecule has 1 aromatic carbocycles. The van der Waals surface area contributed by atoms with E-state index in [4.69, 9.17) is 5.73 Å². The molecule has 4 N–H and O–H groups in total. The van der Waals surface area contributed by atoms with Gasteiger partial charge in [-0.1, -0.05) is 32.4 Å². The van der Waals surface area contributed by atoms with Crippen molar-refractivity contribution in [2.75, 3.05) is 13.1 Å². The Morgan fingerprint density at radius 1 is 1.23 bits per heavy atom. The van der Waals surface area contributed by atoms with Crippen molar-refractivity contribution in [3.05, 3.63) is 58.3 Å². The van der Waals surface area contributed by atoms with Gasteiger partial charge in [-0.05, 0) is 50.2 Å². The van der Waals surface area contributed by atoms with Gasteiger partial charge in [0.05, 0.1) is 5.69 Å². The van der Waals surface area contributed by atoms with Crippen molar-refractivity contribution in [1.82, 2.24) is 19.9 Å². The number of fused-ring (bicyclic) bond motifs is 1. The average Bonchev–Trinajstić information content (AvgIpc) is 2.98. The first kappa shape index (κ1) is 19.9. The fourth-order valence-corrected chi connectivity index (χ4v) is 2.55. The third kappa shape index (κ3) is 5.28. The Morgan fingerprint density at radius 3 is 2.58 bits per heavy atom. The lowest BCUT2D eigenvalue weighted by atomic mass is 10.2. The van der Waals surface area contributed by atoms with E-state index in [1.54, 1.807) is 4.57 Å². The number of nitrogens with one attached hydrogen (secondary N) is 2. The van der Waals surface area contributed by atoms with Crippen LogP contribution in [0.3, 0.4) is 0 Å². The van der Waals surface area contributed by atoms with Gasteiger partial charge in [-0.3, -0.25) is 4.57 Å². The fourth-order valence-electron chi connectivity index (χ4n) is 2.55. The number of H-pyrrole nitrogens is 1. The van der Waals surface area contributed by atoms with E-state index in [9.17, 15) is 4.79 Å². The van der Waals surface area contributed by atoms with Gasteiger partial charge < -0.3 is 16.0 Å². The van der Waals surface area contributed by atoms with E-state index in [-0.39, 0.29) is 5.69 Å². The maximum atomic E-state index is 12.2. The SMILES string of the molecule is CCC.Cc1cc2cn(-c3ccc(CNCCCN)cc3)c(=O)nc2[nH]1. The van der Waals surface area contributed by atoms with Gasteiger partial charge in [-0.15, -0.1) is 0 Å². The summed E-state index contributed by atoms with van der Waals surface area (Å²) < 4.78 is 1.57. The summed E-state index contributed by atoms with van der Waals surface area (Å²) in [4.78, 5) is 19.4. The van der Waals surface area contributed by atoms with E-state index in [0.29, 0.717) is 12.2 Å². The van der Waals surface area contributed by atoms with E-state index < -0.39 is 0 Å². The van der Waals surface area contributed by atoms with Gasteiger partial charge in [0, 0.05) is 23.8 Å².